The van der Waals surface area contributed by atoms with Crippen molar-refractivity contribution in [1.29, 1.82) is 0 Å². The third-order valence-electron chi connectivity index (χ3n) is 2.53. The lowest BCUT2D eigenvalue weighted by atomic mass is 10.1. The van der Waals surface area contributed by atoms with Gasteiger partial charge in [-0.05, 0) is 6.92 Å². The Hall–Kier alpha value is -1.90. The molecule has 0 aliphatic heterocycles. The number of aryl methyl sites for hydroxylation is 2. The minimum absolute atomic E-state index is 0.00491. The first kappa shape index (κ1) is 10.6. The van der Waals surface area contributed by atoms with Gasteiger partial charge < -0.3 is 4.98 Å². The number of aromatic nitrogens is 2. The minimum atomic E-state index is 0.00491. The van der Waals surface area contributed by atoms with Gasteiger partial charge in [-0.1, -0.05) is 37.3 Å². The van der Waals surface area contributed by atoms with Crippen LogP contribution in [-0.4, -0.2) is 15.8 Å². The number of hydrogen-bond donors (Lipinski definition) is 1. The quantitative estimate of drug-likeness (QED) is 0.798. The molecule has 3 heteroatoms. The summed E-state index contributed by atoms with van der Waals surface area (Å²) in [6, 6.07) is 9.25. The minimum Gasteiger partial charge on any atom is -0.339 e. The lowest BCUT2D eigenvalue weighted by molar-refractivity contribution is 0.103. The molecule has 0 fully saturated rings. The average Bonchev–Trinajstić information content (AvgIpc) is 2.71. The largest absolute Gasteiger partial charge is 0.339 e. The van der Waals surface area contributed by atoms with Gasteiger partial charge in [0.25, 0.3) is 0 Å². The topological polar surface area (TPSA) is 45.8 Å². The fraction of sp³-hybridized carbons (Fsp3) is 0.231. The SMILES string of the molecule is CCc1nc(C)c(C(=O)c2ccccc2)[nH]1. The predicted molar refractivity (Wildman–Crippen MR) is 62.6 cm³/mol. The molecule has 0 saturated heterocycles. The molecule has 1 aromatic heterocycles. The lowest BCUT2D eigenvalue weighted by Gasteiger charge is -1.98. The summed E-state index contributed by atoms with van der Waals surface area (Å²) in [4.78, 5) is 19.5. The van der Waals surface area contributed by atoms with Gasteiger partial charge in [0.1, 0.15) is 11.5 Å². The van der Waals surface area contributed by atoms with Crippen molar-refractivity contribution >= 4 is 5.78 Å². The third-order valence-corrected chi connectivity index (χ3v) is 2.53. The zero-order chi connectivity index (χ0) is 11.5. The van der Waals surface area contributed by atoms with Crippen LogP contribution >= 0.6 is 0 Å². The maximum Gasteiger partial charge on any atom is 0.211 e. The van der Waals surface area contributed by atoms with E-state index in [1.165, 1.54) is 0 Å². The van der Waals surface area contributed by atoms with Gasteiger partial charge in [-0.3, -0.25) is 4.79 Å². The monoisotopic (exact) mass is 214 g/mol. The summed E-state index contributed by atoms with van der Waals surface area (Å²) in [6.07, 6.45) is 0.808. The highest BCUT2D eigenvalue weighted by atomic mass is 16.1. The van der Waals surface area contributed by atoms with Gasteiger partial charge in [0.15, 0.2) is 0 Å². The molecule has 0 spiro atoms. The van der Waals surface area contributed by atoms with Crippen molar-refractivity contribution in [2.24, 2.45) is 0 Å². The third kappa shape index (κ3) is 1.89. The van der Waals surface area contributed by atoms with Crippen LogP contribution in [0.1, 0.15) is 34.5 Å². The number of hydrogen-bond acceptors (Lipinski definition) is 2. The number of ketones is 1. The molecular formula is C13H14N2O. The number of nitrogens with zero attached hydrogens (tertiary/aromatic N) is 1. The number of carbonyl (C=O) groups is 1. The maximum absolute atomic E-state index is 12.1. The van der Waals surface area contributed by atoms with Crippen LogP contribution in [0.3, 0.4) is 0 Å². The molecule has 82 valence electrons. The van der Waals surface area contributed by atoms with Gasteiger partial charge in [-0.15, -0.1) is 0 Å². The zero-order valence-electron chi connectivity index (χ0n) is 9.45. The first-order chi connectivity index (χ1) is 7.72. The molecular weight excluding hydrogens is 200 g/mol. The highest BCUT2D eigenvalue weighted by Gasteiger charge is 2.14. The number of imidazole rings is 1. The average molecular weight is 214 g/mol. The van der Waals surface area contributed by atoms with Crippen molar-refractivity contribution in [2.75, 3.05) is 0 Å². The molecule has 1 heterocycles. The molecule has 0 atom stereocenters. The molecule has 0 radical (unpaired) electrons. The maximum atomic E-state index is 12.1. The number of nitrogens with one attached hydrogen (secondary N) is 1. The Morgan fingerprint density at radius 1 is 1.31 bits per heavy atom. The fourth-order valence-corrected chi connectivity index (χ4v) is 1.64. The van der Waals surface area contributed by atoms with Crippen LogP contribution in [-0.2, 0) is 6.42 Å². The van der Waals surface area contributed by atoms with E-state index >= 15 is 0 Å². The van der Waals surface area contributed by atoms with Gasteiger partial charge in [0, 0.05) is 12.0 Å². The second-order valence-electron chi connectivity index (χ2n) is 3.69. The summed E-state index contributed by atoms with van der Waals surface area (Å²) in [5, 5.41) is 0. The second-order valence-corrected chi connectivity index (χ2v) is 3.69. The zero-order valence-corrected chi connectivity index (χ0v) is 9.45. The normalized spacial score (nSPS) is 10.4. The van der Waals surface area contributed by atoms with Gasteiger partial charge in [0.2, 0.25) is 5.78 Å². The van der Waals surface area contributed by atoms with Crippen LogP contribution in [0.4, 0.5) is 0 Å². The lowest BCUT2D eigenvalue weighted by Crippen LogP contribution is -2.03. The number of aromatic amines is 1. The Morgan fingerprint density at radius 2 is 2.00 bits per heavy atom. The van der Waals surface area contributed by atoms with Gasteiger partial charge in [0.05, 0.1) is 5.69 Å². The molecule has 1 aromatic carbocycles. The fourth-order valence-electron chi connectivity index (χ4n) is 1.64. The van der Waals surface area contributed by atoms with E-state index in [0.717, 1.165) is 17.9 Å². The van der Waals surface area contributed by atoms with E-state index in [-0.39, 0.29) is 5.78 Å². The highest BCUT2D eigenvalue weighted by molar-refractivity contribution is 6.08. The van der Waals surface area contributed by atoms with E-state index in [1.54, 1.807) is 0 Å². The van der Waals surface area contributed by atoms with Crippen molar-refractivity contribution in [1.82, 2.24) is 9.97 Å². The Labute approximate surface area is 94.5 Å². The van der Waals surface area contributed by atoms with Crippen molar-refractivity contribution < 1.29 is 4.79 Å². The van der Waals surface area contributed by atoms with E-state index in [0.29, 0.717) is 11.3 Å². The van der Waals surface area contributed by atoms with Crippen LogP contribution < -0.4 is 0 Å². The smallest absolute Gasteiger partial charge is 0.211 e. The van der Waals surface area contributed by atoms with Crippen LogP contribution in [0.15, 0.2) is 30.3 Å². The Balaban J connectivity index is 2.38. The first-order valence-corrected chi connectivity index (χ1v) is 5.37. The molecule has 3 nitrogen and oxygen atoms in total. The van der Waals surface area contributed by atoms with Crippen LogP contribution in [0, 0.1) is 6.92 Å². The molecule has 0 aliphatic carbocycles. The number of rotatable bonds is 3. The van der Waals surface area contributed by atoms with Crippen LogP contribution in [0.5, 0.6) is 0 Å². The molecule has 2 rings (SSSR count). The standard InChI is InChI=1S/C13H14N2O/c1-3-11-14-9(2)12(15-11)13(16)10-7-5-4-6-8-10/h4-8H,3H2,1-2H3,(H,14,15). The summed E-state index contributed by atoms with van der Waals surface area (Å²) in [5.41, 5.74) is 2.06. The molecule has 0 saturated carbocycles. The van der Waals surface area contributed by atoms with Crippen molar-refractivity contribution in [3.05, 3.63) is 53.1 Å². The number of H-pyrrole nitrogens is 1. The molecule has 1 N–H and O–H groups in total. The van der Waals surface area contributed by atoms with Gasteiger partial charge >= 0.3 is 0 Å². The van der Waals surface area contributed by atoms with Crippen molar-refractivity contribution in [3.8, 4) is 0 Å². The van der Waals surface area contributed by atoms with Crippen molar-refractivity contribution in [3.63, 3.8) is 0 Å². The molecule has 16 heavy (non-hydrogen) atoms. The predicted octanol–water partition coefficient (Wildman–Crippen LogP) is 2.51. The van der Waals surface area contributed by atoms with E-state index < -0.39 is 0 Å². The van der Waals surface area contributed by atoms with Gasteiger partial charge in [-0.2, -0.15) is 0 Å². The number of benzene rings is 1. The molecule has 2 aromatic rings. The summed E-state index contributed by atoms with van der Waals surface area (Å²) in [5.74, 6) is 0.863. The molecule has 0 unspecified atom stereocenters. The van der Waals surface area contributed by atoms with Crippen LogP contribution in [0.25, 0.3) is 0 Å². The summed E-state index contributed by atoms with van der Waals surface area (Å²) in [6.45, 7) is 3.86. The molecule has 0 amide bonds. The van der Waals surface area contributed by atoms with Crippen LogP contribution in [0.2, 0.25) is 0 Å². The Morgan fingerprint density at radius 3 is 2.56 bits per heavy atom. The summed E-state index contributed by atoms with van der Waals surface area (Å²) < 4.78 is 0. The molecule has 0 bridgehead atoms. The Kier molecular flexibility index (Phi) is 2.86. The van der Waals surface area contributed by atoms with E-state index in [4.69, 9.17) is 0 Å². The molecule has 0 aliphatic rings. The van der Waals surface area contributed by atoms with E-state index in [2.05, 4.69) is 9.97 Å². The van der Waals surface area contributed by atoms with Crippen molar-refractivity contribution in [2.45, 2.75) is 20.3 Å². The number of carbonyl (C=O) groups excluding carboxylic acids is 1. The summed E-state index contributed by atoms with van der Waals surface area (Å²) in [7, 11) is 0. The second kappa shape index (κ2) is 4.31. The summed E-state index contributed by atoms with van der Waals surface area (Å²) >= 11 is 0. The van der Waals surface area contributed by atoms with E-state index in [9.17, 15) is 4.79 Å². The first-order valence-electron chi connectivity index (χ1n) is 5.37. The Bertz CT molecular complexity index is 500. The van der Waals surface area contributed by atoms with Gasteiger partial charge in [-0.25, -0.2) is 4.98 Å². The highest BCUT2D eigenvalue weighted by Crippen LogP contribution is 2.12. The van der Waals surface area contributed by atoms with E-state index in [1.807, 2.05) is 44.2 Å².